The van der Waals surface area contributed by atoms with Crippen LogP contribution in [0.2, 0.25) is 0 Å². The molecular weight excluding hydrogens is 244 g/mol. The summed E-state index contributed by atoms with van der Waals surface area (Å²) < 4.78 is 4.79. The zero-order valence-electron chi connectivity index (χ0n) is 12.1. The van der Waals surface area contributed by atoms with Crippen LogP contribution >= 0.6 is 0 Å². The number of hydrogen-bond donors (Lipinski definition) is 1. The Kier molecular flexibility index (Phi) is 4.92. The van der Waals surface area contributed by atoms with Crippen molar-refractivity contribution in [3.63, 3.8) is 0 Å². The lowest BCUT2D eigenvalue weighted by Crippen LogP contribution is -2.42. The van der Waals surface area contributed by atoms with E-state index in [1.54, 1.807) is 0 Å². The first kappa shape index (κ1) is 15.5. The highest BCUT2D eigenvalue weighted by molar-refractivity contribution is 5.83. The molecule has 106 valence electrons. The molecule has 0 saturated heterocycles. The van der Waals surface area contributed by atoms with E-state index in [0.29, 0.717) is 0 Å². The van der Waals surface area contributed by atoms with Gasteiger partial charge in [-0.1, -0.05) is 30.2 Å². The molecule has 0 spiro atoms. The van der Waals surface area contributed by atoms with Gasteiger partial charge >= 0.3 is 11.9 Å². The van der Waals surface area contributed by atoms with Crippen molar-refractivity contribution in [2.24, 2.45) is 23.7 Å². The van der Waals surface area contributed by atoms with Gasteiger partial charge in [0, 0.05) is 5.92 Å². The summed E-state index contributed by atoms with van der Waals surface area (Å²) in [5.74, 6) is -3.17. The first-order valence-electron chi connectivity index (χ1n) is 6.43. The summed E-state index contributed by atoms with van der Waals surface area (Å²) in [6, 6.07) is 0. The molecule has 1 aliphatic carbocycles. The third kappa shape index (κ3) is 3.25. The molecule has 0 fully saturated rings. The number of carboxylic acid groups (broad SMARTS) is 1. The predicted molar refractivity (Wildman–Crippen MR) is 72.5 cm³/mol. The molecule has 0 radical (unpaired) electrons. The zero-order valence-corrected chi connectivity index (χ0v) is 12.1. The Hall–Kier alpha value is -1.58. The van der Waals surface area contributed by atoms with Crippen molar-refractivity contribution < 1.29 is 19.4 Å². The Bertz CT molecular complexity index is 429. The van der Waals surface area contributed by atoms with Crippen LogP contribution < -0.4 is 0 Å². The summed E-state index contributed by atoms with van der Waals surface area (Å²) in [6.07, 6.45) is 3.86. The molecule has 4 atom stereocenters. The Balaban J connectivity index is 3.29. The largest absolute Gasteiger partial charge is 0.481 e. The molecule has 0 saturated carbocycles. The highest BCUT2D eigenvalue weighted by atomic mass is 16.5. The Morgan fingerprint density at radius 1 is 1.32 bits per heavy atom. The standard InChI is InChI=1S/C15H22O4/c1-8(2)6-11-7-9(3)10(4)12(15(18)19-5)13(11)14(16)17/h6-7,10-13H,1-5H3,(H,16,17). The van der Waals surface area contributed by atoms with Crippen molar-refractivity contribution in [3.8, 4) is 0 Å². The van der Waals surface area contributed by atoms with Crippen LogP contribution in [-0.4, -0.2) is 24.2 Å². The van der Waals surface area contributed by atoms with Crippen LogP contribution in [0.4, 0.5) is 0 Å². The number of carbonyl (C=O) groups is 2. The molecule has 4 heteroatoms. The molecule has 4 unspecified atom stereocenters. The molecule has 1 aliphatic rings. The number of esters is 1. The number of allylic oxidation sites excluding steroid dienone is 4. The molecule has 0 aromatic rings. The van der Waals surface area contributed by atoms with E-state index in [9.17, 15) is 14.7 Å². The van der Waals surface area contributed by atoms with Gasteiger partial charge in [0.1, 0.15) is 0 Å². The molecule has 1 rings (SSSR count). The van der Waals surface area contributed by atoms with Crippen LogP contribution in [-0.2, 0) is 14.3 Å². The van der Waals surface area contributed by atoms with Crippen LogP contribution in [0.5, 0.6) is 0 Å². The van der Waals surface area contributed by atoms with Gasteiger partial charge in [0.25, 0.3) is 0 Å². The van der Waals surface area contributed by atoms with Gasteiger partial charge in [-0.25, -0.2) is 0 Å². The molecule has 4 nitrogen and oxygen atoms in total. The molecule has 1 N–H and O–H groups in total. The summed E-state index contributed by atoms with van der Waals surface area (Å²) >= 11 is 0. The van der Waals surface area contributed by atoms with Crippen molar-refractivity contribution in [2.75, 3.05) is 7.11 Å². The van der Waals surface area contributed by atoms with Gasteiger partial charge in [-0.05, 0) is 26.7 Å². The van der Waals surface area contributed by atoms with E-state index in [1.165, 1.54) is 7.11 Å². The fourth-order valence-corrected chi connectivity index (χ4v) is 2.73. The molecule has 0 heterocycles. The molecule has 0 bridgehead atoms. The van der Waals surface area contributed by atoms with Crippen molar-refractivity contribution >= 4 is 11.9 Å². The second kappa shape index (κ2) is 6.04. The average Bonchev–Trinajstić information content (AvgIpc) is 2.30. The molecule has 0 aliphatic heterocycles. The first-order chi connectivity index (χ1) is 8.79. The van der Waals surface area contributed by atoms with Crippen LogP contribution in [0.1, 0.15) is 27.7 Å². The maximum Gasteiger partial charge on any atom is 0.310 e. The Morgan fingerprint density at radius 2 is 1.89 bits per heavy atom. The number of aliphatic carboxylic acids is 1. The quantitative estimate of drug-likeness (QED) is 0.630. The molecule has 0 aromatic heterocycles. The lowest BCUT2D eigenvalue weighted by atomic mass is 9.67. The van der Waals surface area contributed by atoms with Crippen molar-refractivity contribution in [3.05, 3.63) is 23.3 Å². The molecule has 0 amide bonds. The van der Waals surface area contributed by atoms with Crippen LogP contribution in [0.15, 0.2) is 23.3 Å². The monoisotopic (exact) mass is 266 g/mol. The summed E-state index contributed by atoms with van der Waals surface area (Å²) in [5, 5.41) is 9.47. The van der Waals surface area contributed by atoms with E-state index in [1.807, 2.05) is 39.8 Å². The third-order valence-electron chi connectivity index (χ3n) is 3.80. The van der Waals surface area contributed by atoms with Crippen molar-refractivity contribution in [1.82, 2.24) is 0 Å². The molecule has 19 heavy (non-hydrogen) atoms. The highest BCUT2D eigenvalue weighted by Crippen LogP contribution is 2.40. The summed E-state index contributed by atoms with van der Waals surface area (Å²) in [6.45, 7) is 7.66. The van der Waals surface area contributed by atoms with Crippen LogP contribution in [0, 0.1) is 23.7 Å². The third-order valence-corrected chi connectivity index (χ3v) is 3.80. The topological polar surface area (TPSA) is 63.6 Å². The number of ether oxygens (including phenoxy) is 1. The van der Waals surface area contributed by atoms with Crippen LogP contribution in [0.25, 0.3) is 0 Å². The lowest BCUT2D eigenvalue weighted by molar-refractivity contribution is -0.159. The Labute approximate surface area is 114 Å². The fraction of sp³-hybridized carbons (Fsp3) is 0.600. The van der Waals surface area contributed by atoms with E-state index in [0.717, 1.165) is 11.1 Å². The van der Waals surface area contributed by atoms with E-state index in [4.69, 9.17) is 4.74 Å². The minimum absolute atomic E-state index is 0.115. The number of rotatable bonds is 3. The van der Waals surface area contributed by atoms with Crippen molar-refractivity contribution in [2.45, 2.75) is 27.7 Å². The van der Waals surface area contributed by atoms with E-state index in [2.05, 4.69) is 0 Å². The smallest absolute Gasteiger partial charge is 0.310 e. The SMILES string of the molecule is COC(=O)C1C(C)C(C)=CC(C=C(C)C)C1C(=O)O. The highest BCUT2D eigenvalue weighted by Gasteiger charge is 2.45. The van der Waals surface area contributed by atoms with Crippen LogP contribution in [0.3, 0.4) is 0 Å². The second-order valence-electron chi connectivity index (χ2n) is 5.43. The summed E-state index contributed by atoms with van der Waals surface area (Å²) in [5.41, 5.74) is 2.08. The van der Waals surface area contributed by atoms with E-state index >= 15 is 0 Å². The number of methoxy groups -OCH3 is 1. The van der Waals surface area contributed by atoms with Gasteiger partial charge in [-0.2, -0.15) is 0 Å². The number of carboxylic acids is 1. The molecular formula is C15H22O4. The van der Waals surface area contributed by atoms with E-state index < -0.39 is 23.8 Å². The number of carbonyl (C=O) groups excluding carboxylic acids is 1. The summed E-state index contributed by atoms with van der Waals surface area (Å²) in [7, 11) is 1.30. The van der Waals surface area contributed by atoms with Gasteiger partial charge in [0.15, 0.2) is 0 Å². The second-order valence-corrected chi connectivity index (χ2v) is 5.43. The van der Waals surface area contributed by atoms with Gasteiger partial charge < -0.3 is 9.84 Å². The minimum Gasteiger partial charge on any atom is -0.481 e. The van der Waals surface area contributed by atoms with Gasteiger partial charge in [-0.15, -0.1) is 0 Å². The Morgan fingerprint density at radius 3 is 2.32 bits per heavy atom. The first-order valence-corrected chi connectivity index (χ1v) is 6.43. The zero-order chi connectivity index (χ0) is 14.7. The fourth-order valence-electron chi connectivity index (χ4n) is 2.73. The summed E-state index contributed by atoms with van der Waals surface area (Å²) in [4.78, 5) is 23.5. The van der Waals surface area contributed by atoms with Crippen molar-refractivity contribution in [1.29, 1.82) is 0 Å². The lowest BCUT2D eigenvalue weighted by Gasteiger charge is -2.35. The van der Waals surface area contributed by atoms with E-state index in [-0.39, 0.29) is 11.8 Å². The molecule has 0 aromatic carbocycles. The minimum atomic E-state index is -0.950. The van der Waals surface area contributed by atoms with Gasteiger partial charge in [-0.3, -0.25) is 9.59 Å². The maximum absolute atomic E-state index is 11.9. The number of hydrogen-bond acceptors (Lipinski definition) is 3. The normalized spacial score (nSPS) is 30.3. The predicted octanol–water partition coefficient (Wildman–Crippen LogP) is 2.65. The van der Waals surface area contributed by atoms with Gasteiger partial charge in [0.2, 0.25) is 0 Å². The maximum atomic E-state index is 11.9. The van der Waals surface area contributed by atoms with Gasteiger partial charge in [0.05, 0.1) is 18.9 Å². The average molecular weight is 266 g/mol.